The van der Waals surface area contributed by atoms with E-state index in [9.17, 15) is 9.59 Å². The zero-order valence-electron chi connectivity index (χ0n) is 17.9. The van der Waals surface area contributed by atoms with Crippen LogP contribution in [0.3, 0.4) is 0 Å². The highest BCUT2D eigenvalue weighted by molar-refractivity contribution is 5.96. The van der Waals surface area contributed by atoms with Crippen LogP contribution in [0.15, 0.2) is 60.8 Å². The standard InChI is InChI=1S/C25H30N4O2/c1-17(24(30)29-25(31)28-19-11-5-6-12-19)26-15-21(18-9-3-2-4-10-18)22-16-27-23-14-8-7-13-20(22)23/h2-4,7-10,13-14,16-17,19,21,26-27H,5-6,11-12,15H2,1H3,(H2,28,29,30,31)/t17-,21+/m0/s1. The highest BCUT2D eigenvalue weighted by atomic mass is 16.2. The molecule has 2 aromatic carbocycles. The van der Waals surface area contributed by atoms with Crippen LogP contribution in [-0.4, -0.2) is 35.6 Å². The summed E-state index contributed by atoms with van der Waals surface area (Å²) in [5, 5.41) is 9.87. The summed E-state index contributed by atoms with van der Waals surface area (Å²) in [6, 6.07) is 17.8. The summed E-state index contributed by atoms with van der Waals surface area (Å²) in [7, 11) is 0. The Labute approximate surface area is 182 Å². The van der Waals surface area contributed by atoms with E-state index in [2.05, 4.69) is 45.2 Å². The van der Waals surface area contributed by atoms with Gasteiger partial charge in [0.15, 0.2) is 0 Å². The maximum absolute atomic E-state index is 12.5. The molecule has 3 amide bonds. The SMILES string of the molecule is C[C@H](NC[C@H](c1ccccc1)c1c[nH]c2ccccc12)C(=O)NC(=O)NC1CCCC1. The minimum atomic E-state index is -0.495. The van der Waals surface area contributed by atoms with Gasteiger partial charge in [-0.05, 0) is 37.0 Å². The van der Waals surface area contributed by atoms with Gasteiger partial charge < -0.3 is 15.6 Å². The van der Waals surface area contributed by atoms with Crippen molar-refractivity contribution in [3.8, 4) is 0 Å². The molecule has 4 N–H and O–H groups in total. The van der Waals surface area contributed by atoms with Gasteiger partial charge in [0.05, 0.1) is 6.04 Å². The number of nitrogens with one attached hydrogen (secondary N) is 4. The fourth-order valence-corrected chi connectivity index (χ4v) is 4.37. The van der Waals surface area contributed by atoms with Crippen molar-refractivity contribution in [1.82, 2.24) is 20.9 Å². The Morgan fingerprint density at radius 2 is 1.74 bits per heavy atom. The van der Waals surface area contributed by atoms with Crippen LogP contribution in [0.25, 0.3) is 10.9 Å². The maximum Gasteiger partial charge on any atom is 0.321 e. The number of imide groups is 1. The summed E-state index contributed by atoms with van der Waals surface area (Å²) in [4.78, 5) is 28.0. The first-order valence-electron chi connectivity index (χ1n) is 11.1. The minimum Gasteiger partial charge on any atom is -0.361 e. The minimum absolute atomic E-state index is 0.0694. The van der Waals surface area contributed by atoms with E-state index < -0.39 is 12.1 Å². The van der Waals surface area contributed by atoms with E-state index >= 15 is 0 Å². The molecule has 4 rings (SSSR count). The number of rotatable bonds is 7. The summed E-state index contributed by atoms with van der Waals surface area (Å²) in [6.45, 7) is 2.36. The van der Waals surface area contributed by atoms with Crippen molar-refractivity contribution < 1.29 is 9.59 Å². The third-order valence-corrected chi connectivity index (χ3v) is 6.15. The Balaban J connectivity index is 1.42. The summed E-state index contributed by atoms with van der Waals surface area (Å²) in [5.74, 6) is -0.249. The Hall–Kier alpha value is -3.12. The number of amides is 3. The second-order valence-corrected chi connectivity index (χ2v) is 8.33. The number of hydrogen-bond donors (Lipinski definition) is 4. The van der Waals surface area contributed by atoms with E-state index in [4.69, 9.17) is 0 Å². The molecule has 31 heavy (non-hydrogen) atoms. The lowest BCUT2D eigenvalue weighted by Gasteiger charge is -2.21. The van der Waals surface area contributed by atoms with Gasteiger partial charge in [0.1, 0.15) is 0 Å². The van der Waals surface area contributed by atoms with Gasteiger partial charge in [-0.3, -0.25) is 10.1 Å². The number of para-hydroxylation sites is 1. The fraction of sp³-hybridized carbons (Fsp3) is 0.360. The smallest absolute Gasteiger partial charge is 0.321 e. The van der Waals surface area contributed by atoms with Crippen molar-refractivity contribution in [2.75, 3.05) is 6.54 Å². The number of aromatic nitrogens is 1. The van der Waals surface area contributed by atoms with Crippen LogP contribution in [0, 0.1) is 0 Å². The van der Waals surface area contributed by atoms with Crippen LogP contribution in [-0.2, 0) is 4.79 Å². The first kappa shape index (κ1) is 21.1. The van der Waals surface area contributed by atoms with Crippen LogP contribution in [0.1, 0.15) is 49.7 Å². The lowest BCUT2D eigenvalue weighted by molar-refractivity contribution is -0.121. The summed E-state index contributed by atoms with van der Waals surface area (Å²) < 4.78 is 0. The van der Waals surface area contributed by atoms with Gasteiger partial charge in [0, 0.05) is 35.6 Å². The van der Waals surface area contributed by atoms with Crippen LogP contribution < -0.4 is 16.0 Å². The largest absolute Gasteiger partial charge is 0.361 e. The first-order chi connectivity index (χ1) is 15.1. The predicted octanol–water partition coefficient (Wildman–Crippen LogP) is 4.05. The van der Waals surface area contributed by atoms with E-state index in [0.717, 1.165) is 31.2 Å². The molecule has 1 heterocycles. The molecular weight excluding hydrogens is 388 g/mol. The van der Waals surface area contributed by atoms with Crippen molar-refractivity contribution in [3.63, 3.8) is 0 Å². The van der Waals surface area contributed by atoms with Gasteiger partial charge in [-0.25, -0.2) is 4.79 Å². The van der Waals surface area contributed by atoms with Crippen LogP contribution in [0.2, 0.25) is 0 Å². The zero-order chi connectivity index (χ0) is 21.6. The number of H-pyrrole nitrogens is 1. The molecule has 0 saturated heterocycles. The average molecular weight is 419 g/mol. The van der Waals surface area contributed by atoms with Gasteiger partial charge >= 0.3 is 6.03 Å². The van der Waals surface area contributed by atoms with E-state index in [1.165, 1.54) is 16.5 Å². The van der Waals surface area contributed by atoms with Crippen molar-refractivity contribution in [2.24, 2.45) is 0 Å². The topological polar surface area (TPSA) is 86.0 Å². The summed E-state index contributed by atoms with van der Waals surface area (Å²) >= 11 is 0. The second-order valence-electron chi connectivity index (χ2n) is 8.33. The monoisotopic (exact) mass is 418 g/mol. The highest BCUT2D eigenvalue weighted by Crippen LogP contribution is 2.30. The quantitative estimate of drug-likeness (QED) is 0.467. The van der Waals surface area contributed by atoms with Gasteiger partial charge in [0.2, 0.25) is 5.91 Å². The number of urea groups is 1. The van der Waals surface area contributed by atoms with Gasteiger partial charge in [-0.15, -0.1) is 0 Å². The Bertz CT molecular complexity index is 1020. The molecule has 0 radical (unpaired) electrons. The van der Waals surface area contributed by atoms with Crippen molar-refractivity contribution >= 4 is 22.8 Å². The first-order valence-corrected chi connectivity index (χ1v) is 11.1. The lowest BCUT2D eigenvalue weighted by atomic mass is 9.90. The molecule has 0 aliphatic heterocycles. The molecule has 0 spiro atoms. The van der Waals surface area contributed by atoms with E-state index in [1.54, 1.807) is 6.92 Å². The van der Waals surface area contributed by atoms with Crippen LogP contribution in [0.4, 0.5) is 4.79 Å². The highest BCUT2D eigenvalue weighted by Gasteiger charge is 2.23. The van der Waals surface area contributed by atoms with Crippen molar-refractivity contribution in [1.29, 1.82) is 0 Å². The number of hydrogen-bond acceptors (Lipinski definition) is 3. The van der Waals surface area contributed by atoms with Crippen molar-refractivity contribution in [3.05, 3.63) is 71.9 Å². The third kappa shape index (κ3) is 5.14. The molecule has 1 saturated carbocycles. The van der Waals surface area contributed by atoms with E-state index in [1.807, 2.05) is 36.5 Å². The van der Waals surface area contributed by atoms with E-state index in [-0.39, 0.29) is 17.9 Å². The third-order valence-electron chi connectivity index (χ3n) is 6.15. The maximum atomic E-state index is 12.5. The second kappa shape index (κ2) is 9.79. The molecule has 3 aromatic rings. The lowest BCUT2D eigenvalue weighted by Crippen LogP contribution is -2.50. The number of benzene rings is 2. The molecule has 1 fully saturated rings. The van der Waals surface area contributed by atoms with Crippen molar-refractivity contribution in [2.45, 2.75) is 50.6 Å². The molecule has 0 unspecified atom stereocenters. The summed E-state index contributed by atoms with van der Waals surface area (Å²) in [6.07, 6.45) is 6.28. The Morgan fingerprint density at radius 3 is 2.52 bits per heavy atom. The predicted molar refractivity (Wildman–Crippen MR) is 123 cm³/mol. The van der Waals surface area contributed by atoms with E-state index in [0.29, 0.717) is 6.54 Å². The Kier molecular flexibility index (Phi) is 6.67. The normalized spacial score (nSPS) is 16.2. The average Bonchev–Trinajstić information content (AvgIpc) is 3.44. The van der Waals surface area contributed by atoms with Crippen LogP contribution >= 0.6 is 0 Å². The fourth-order valence-electron chi connectivity index (χ4n) is 4.37. The van der Waals surface area contributed by atoms with Gasteiger partial charge in [0.25, 0.3) is 0 Å². The molecule has 6 heteroatoms. The summed E-state index contributed by atoms with van der Waals surface area (Å²) in [5.41, 5.74) is 3.44. The molecule has 0 bridgehead atoms. The van der Waals surface area contributed by atoms with Gasteiger partial charge in [-0.2, -0.15) is 0 Å². The number of carbonyl (C=O) groups is 2. The molecule has 1 aliphatic rings. The number of carbonyl (C=O) groups excluding carboxylic acids is 2. The molecule has 6 nitrogen and oxygen atoms in total. The molecule has 162 valence electrons. The molecular formula is C25H30N4O2. The Morgan fingerprint density at radius 1 is 1.03 bits per heavy atom. The number of fused-ring (bicyclic) bond motifs is 1. The zero-order valence-corrected chi connectivity index (χ0v) is 17.9. The number of aromatic amines is 1. The molecule has 1 aromatic heterocycles. The van der Waals surface area contributed by atoms with Gasteiger partial charge in [-0.1, -0.05) is 61.4 Å². The molecule has 1 aliphatic carbocycles. The molecule has 2 atom stereocenters. The van der Waals surface area contributed by atoms with Crippen LogP contribution in [0.5, 0.6) is 0 Å².